The van der Waals surface area contributed by atoms with Crippen molar-refractivity contribution in [2.45, 2.75) is 12.6 Å². The van der Waals surface area contributed by atoms with Crippen LogP contribution in [0.5, 0.6) is 0 Å². The zero-order valence-corrected chi connectivity index (χ0v) is 18.9. The maximum Gasteiger partial charge on any atom is 0.247 e. The number of nitrogen functional groups attached to an aromatic ring is 1. The minimum atomic E-state index is 0.0958. The molecular formula is C22H21Cl3N6. The number of benzene rings is 2. The quantitative estimate of drug-likeness (QED) is 0.492. The molecule has 31 heavy (non-hydrogen) atoms. The van der Waals surface area contributed by atoms with E-state index in [4.69, 9.17) is 47.1 Å². The zero-order valence-electron chi connectivity index (χ0n) is 16.7. The molecule has 0 radical (unpaired) electrons. The molecule has 0 spiro atoms. The fourth-order valence-corrected chi connectivity index (χ4v) is 4.54. The Morgan fingerprint density at radius 1 is 1.03 bits per heavy atom. The first-order valence-corrected chi connectivity index (χ1v) is 11.0. The van der Waals surface area contributed by atoms with Crippen LogP contribution in [0.1, 0.15) is 11.6 Å². The molecule has 160 valence electrons. The third-order valence-corrected chi connectivity index (χ3v) is 6.34. The van der Waals surface area contributed by atoms with Crippen molar-refractivity contribution in [1.82, 2.24) is 14.7 Å². The summed E-state index contributed by atoms with van der Waals surface area (Å²) in [4.78, 5) is 8.08. The lowest BCUT2D eigenvalue weighted by molar-refractivity contribution is 0.213. The topological polar surface area (TPSA) is 54.7 Å². The van der Waals surface area contributed by atoms with Crippen molar-refractivity contribution in [3.8, 4) is 0 Å². The Morgan fingerprint density at radius 2 is 1.77 bits per heavy atom. The van der Waals surface area contributed by atoms with Gasteiger partial charge in [0.25, 0.3) is 0 Å². The number of rotatable bonds is 5. The molecule has 1 unspecified atom stereocenters. The van der Waals surface area contributed by atoms with Crippen molar-refractivity contribution in [3.05, 3.63) is 80.7 Å². The van der Waals surface area contributed by atoms with E-state index in [0.717, 1.165) is 37.4 Å². The van der Waals surface area contributed by atoms with E-state index in [1.165, 1.54) is 6.20 Å². The first-order chi connectivity index (χ1) is 15.0. The molecule has 0 aliphatic carbocycles. The Hall–Kier alpha value is -2.43. The first-order valence-electron chi connectivity index (χ1n) is 9.84. The summed E-state index contributed by atoms with van der Waals surface area (Å²) in [6.45, 7) is 11.0. The average Bonchev–Trinajstić information content (AvgIpc) is 3.12. The molecule has 2 heterocycles. The highest BCUT2D eigenvalue weighted by Crippen LogP contribution is 2.36. The van der Waals surface area contributed by atoms with Crippen molar-refractivity contribution in [1.29, 1.82) is 0 Å². The molecular weight excluding hydrogens is 455 g/mol. The standard InChI is InChI=1S/C22H21Cl3N6/c1-27-19-13-28-31(22(19)26)11-9-29-8-10-30(20-7-6-17(24)12-18(20)25)21(14-29)15-2-4-16(23)5-3-15/h2-7,12-13,21H,8-11,14,26H2. The molecule has 3 aromatic rings. The van der Waals surface area contributed by atoms with Gasteiger partial charge in [-0.3, -0.25) is 9.58 Å². The number of hydrogen-bond donors (Lipinski definition) is 1. The highest BCUT2D eigenvalue weighted by molar-refractivity contribution is 6.36. The maximum absolute atomic E-state index is 7.14. The molecule has 6 nitrogen and oxygen atoms in total. The van der Waals surface area contributed by atoms with Crippen LogP contribution in [0.3, 0.4) is 0 Å². The number of nitrogens with two attached hydrogens (primary N) is 1. The monoisotopic (exact) mass is 474 g/mol. The molecule has 1 saturated heterocycles. The van der Waals surface area contributed by atoms with Crippen LogP contribution in [0.2, 0.25) is 15.1 Å². The molecule has 1 atom stereocenters. The predicted molar refractivity (Wildman–Crippen MR) is 127 cm³/mol. The SMILES string of the molecule is [C-]#[N+]c1cnn(CCN2CCN(c3ccc(Cl)cc3Cl)C(c3ccc(Cl)cc3)C2)c1N. The Bertz CT molecular complexity index is 1110. The van der Waals surface area contributed by atoms with E-state index in [2.05, 4.69) is 31.9 Å². The smallest absolute Gasteiger partial charge is 0.247 e. The number of nitrogens with zero attached hydrogens (tertiary/aromatic N) is 5. The van der Waals surface area contributed by atoms with Crippen molar-refractivity contribution in [2.24, 2.45) is 0 Å². The first kappa shape index (κ1) is 21.8. The third-order valence-electron chi connectivity index (χ3n) is 5.55. The minimum absolute atomic E-state index is 0.0958. The fourth-order valence-electron chi connectivity index (χ4n) is 3.90. The van der Waals surface area contributed by atoms with Crippen LogP contribution in [-0.4, -0.2) is 40.9 Å². The lowest BCUT2D eigenvalue weighted by Gasteiger charge is -2.43. The second-order valence-corrected chi connectivity index (χ2v) is 8.69. The number of hydrogen-bond acceptors (Lipinski definition) is 4. The predicted octanol–water partition coefficient (Wildman–Crippen LogP) is 5.54. The summed E-state index contributed by atoms with van der Waals surface area (Å²) in [7, 11) is 0. The highest BCUT2D eigenvalue weighted by atomic mass is 35.5. The normalized spacial score (nSPS) is 17.0. The number of halogens is 3. The van der Waals surface area contributed by atoms with Crippen molar-refractivity contribution in [2.75, 3.05) is 36.8 Å². The van der Waals surface area contributed by atoms with E-state index in [1.54, 1.807) is 10.7 Å². The molecule has 1 fully saturated rings. The average molecular weight is 476 g/mol. The van der Waals surface area contributed by atoms with Gasteiger partial charge in [0.05, 0.1) is 36.1 Å². The lowest BCUT2D eigenvalue weighted by atomic mass is 10.0. The van der Waals surface area contributed by atoms with Gasteiger partial charge in [-0.25, -0.2) is 4.85 Å². The number of piperazine rings is 1. The lowest BCUT2D eigenvalue weighted by Crippen LogP contribution is -2.49. The number of aromatic nitrogens is 2. The van der Waals surface area contributed by atoms with Gasteiger partial charge in [0.1, 0.15) is 5.82 Å². The van der Waals surface area contributed by atoms with Gasteiger partial charge < -0.3 is 10.6 Å². The Morgan fingerprint density at radius 3 is 2.45 bits per heavy atom. The molecule has 1 aliphatic heterocycles. The summed E-state index contributed by atoms with van der Waals surface area (Å²) in [6, 6.07) is 13.6. The molecule has 0 bridgehead atoms. The fraction of sp³-hybridized carbons (Fsp3) is 0.273. The van der Waals surface area contributed by atoms with Gasteiger partial charge in [-0.1, -0.05) is 46.9 Å². The summed E-state index contributed by atoms with van der Waals surface area (Å²) in [5.41, 5.74) is 8.52. The zero-order chi connectivity index (χ0) is 22.0. The van der Waals surface area contributed by atoms with E-state index < -0.39 is 0 Å². The van der Waals surface area contributed by atoms with Gasteiger partial charge in [-0.15, -0.1) is 0 Å². The van der Waals surface area contributed by atoms with Crippen LogP contribution >= 0.6 is 34.8 Å². The Labute approximate surface area is 196 Å². The summed E-state index contributed by atoms with van der Waals surface area (Å²) >= 11 is 18.8. The Balaban J connectivity index is 1.56. The molecule has 4 rings (SSSR count). The third kappa shape index (κ3) is 4.76. The van der Waals surface area contributed by atoms with E-state index in [1.807, 2.05) is 24.3 Å². The largest absolute Gasteiger partial charge is 0.393 e. The van der Waals surface area contributed by atoms with Crippen LogP contribution in [0, 0.1) is 6.57 Å². The highest BCUT2D eigenvalue weighted by Gasteiger charge is 2.29. The Kier molecular flexibility index (Phi) is 6.59. The van der Waals surface area contributed by atoms with Crippen LogP contribution in [0.25, 0.3) is 4.85 Å². The van der Waals surface area contributed by atoms with Gasteiger partial charge in [0.15, 0.2) is 0 Å². The van der Waals surface area contributed by atoms with Crippen LogP contribution in [0.15, 0.2) is 48.7 Å². The van der Waals surface area contributed by atoms with E-state index in [0.29, 0.717) is 33.1 Å². The van der Waals surface area contributed by atoms with Crippen molar-refractivity contribution >= 4 is 52.0 Å². The van der Waals surface area contributed by atoms with E-state index >= 15 is 0 Å². The number of anilines is 2. The molecule has 0 saturated carbocycles. The molecule has 9 heteroatoms. The van der Waals surface area contributed by atoms with Crippen LogP contribution < -0.4 is 10.6 Å². The summed E-state index contributed by atoms with van der Waals surface area (Å²) < 4.78 is 1.69. The second kappa shape index (κ2) is 9.37. The van der Waals surface area contributed by atoms with Gasteiger partial charge in [-0.05, 0) is 35.9 Å². The van der Waals surface area contributed by atoms with E-state index in [9.17, 15) is 0 Å². The molecule has 2 aromatic carbocycles. The van der Waals surface area contributed by atoms with Gasteiger partial charge >= 0.3 is 0 Å². The molecule has 1 aromatic heterocycles. The van der Waals surface area contributed by atoms with Crippen molar-refractivity contribution < 1.29 is 0 Å². The van der Waals surface area contributed by atoms with Gasteiger partial charge in [0.2, 0.25) is 5.69 Å². The molecule has 0 amide bonds. The molecule has 2 N–H and O–H groups in total. The van der Waals surface area contributed by atoms with E-state index in [-0.39, 0.29) is 6.04 Å². The minimum Gasteiger partial charge on any atom is -0.393 e. The summed E-state index contributed by atoms with van der Waals surface area (Å²) in [6.07, 6.45) is 1.51. The van der Waals surface area contributed by atoms with Crippen LogP contribution in [0.4, 0.5) is 17.2 Å². The summed E-state index contributed by atoms with van der Waals surface area (Å²) in [5, 5.41) is 6.19. The van der Waals surface area contributed by atoms with Crippen LogP contribution in [-0.2, 0) is 6.54 Å². The van der Waals surface area contributed by atoms with Gasteiger partial charge in [-0.2, -0.15) is 5.10 Å². The summed E-state index contributed by atoms with van der Waals surface area (Å²) in [5.74, 6) is 0.413. The van der Waals surface area contributed by atoms with Gasteiger partial charge in [0, 0.05) is 36.2 Å². The molecule has 1 aliphatic rings. The van der Waals surface area contributed by atoms with Crippen molar-refractivity contribution in [3.63, 3.8) is 0 Å². The maximum atomic E-state index is 7.14. The second-order valence-electron chi connectivity index (χ2n) is 7.41.